The summed E-state index contributed by atoms with van der Waals surface area (Å²) in [5.41, 5.74) is -1.21. The summed E-state index contributed by atoms with van der Waals surface area (Å²) in [6.45, 7) is 4.06. The first-order valence-electron chi connectivity index (χ1n) is 9.57. The Morgan fingerprint density at radius 1 is 1.30 bits per heavy atom. The van der Waals surface area contributed by atoms with E-state index in [1.54, 1.807) is 44.2 Å². The second-order valence-electron chi connectivity index (χ2n) is 7.62. The largest absolute Gasteiger partial charge is 0.454 e. The second-order valence-corrected chi connectivity index (χ2v) is 7.62. The van der Waals surface area contributed by atoms with Crippen molar-refractivity contribution in [2.24, 2.45) is 5.92 Å². The van der Waals surface area contributed by atoms with Crippen LogP contribution in [-0.4, -0.2) is 52.5 Å². The van der Waals surface area contributed by atoms with Gasteiger partial charge in [-0.05, 0) is 32.9 Å². The summed E-state index contributed by atoms with van der Waals surface area (Å²) in [5.74, 6) is -3.68. The minimum absolute atomic E-state index is 0.0301. The number of ketones is 1. The number of ether oxygens (including phenoxy) is 1. The van der Waals surface area contributed by atoms with Crippen molar-refractivity contribution < 1.29 is 23.9 Å². The summed E-state index contributed by atoms with van der Waals surface area (Å²) >= 11 is 0. The highest BCUT2D eigenvalue weighted by Crippen LogP contribution is 2.45. The van der Waals surface area contributed by atoms with Crippen molar-refractivity contribution >= 4 is 35.0 Å². The summed E-state index contributed by atoms with van der Waals surface area (Å²) in [6, 6.07) is 7.83. The average molecular weight is 410 g/mol. The number of nitriles is 1. The molecule has 1 fully saturated rings. The van der Waals surface area contributed by atoms with Gasteiger partial charge in [0, 0.05) is 24.6 Å². The molecule has 2 aliphatic heterocycles. The molecule has 0 bridgehead atoms. The molecule has 2 heterocycles. The summed E-state index contributed by atoms with van der Waals surface area (Å²) in [5, 5.41) is 16.6. The van der Waals surface area contributed by atoms with Crippen molar-refractivity contribution in [1.29, 1.82) is 10.7 Å². The molecular formula is C21H22N4O5. The first-order chi connectivity index (χ1) is 14.2. The zero-order valence-electron chi connectivity index (χ0n) is 17.0. The monoisotopic (exact) mass is 410 g/mol. The van der Waals surface area contributed by atoms with Crippen LogP contribution in [0.5, 0.6) is 0 Å². The molecule has 1 aromatic carbocycles. The van der Waals surface area contributed by atoms with E-state index >= 15 is 0 Å². The van der Waals surface area contributed by atoms with Crippen molar-refractivity contribution in [3.05, 3.63) is 29.8 Å². The van der Waals surface area contributed by atoms with Gasteiger partial charge in [-0.3, -0.25) is 19.3 Å². The lowest BCUT2D eigenvalue weighted by atomic mass is 9.94. The lowest BCUT2D eigenvalue weighted by Crippen LogP contribution is -2.70. The van der Waals surface area contributed by atoms with Crippen LogP contribution < -0.4 is 4.90 Å². The molecule has 1 saturated heterocycles. The Morgan fingerprint density at radius 3 is 2.57 bits per heavy atom. The van der Waals surface area contributed by atoms with Crippen LogP contribution >= 0.6 is 0 Å². The van der Waals surface area contributed by atoms with Crippen molar-refractivity contribution in [1.82, 2.24) is 4.90 Å². The lowest BCUT2D eigenvalue weighted by molar-refractivity contribution is -0.160. The molecule has 9 nitrogen and oxygen atoms in total. The highest BCUT2D eigenvalue weighted by atomic mass is 16.5. The highest BCUT2D eigenvalue weighted by molar-refractivity contribution is 6.16. The number of carbonyl (C=O) groups excluding carboxylic acids is 4. The fraction of sp³-hybridized carbons (Fsp3) is 0.429. The number of carbonyl (C=O) groups is 4. The fourth-order valence-electron chi connectivity index (χ4n) is 4.12. The minimum atomic E-state index is -1.70. The van der Waals surface area contributed by atoms with Crippen LogP contribution in [0, 0.1) is 22.7 Å². The standard InChI is InChI=1S/C21H22N4O5/c1-12(2)24-19(28)14-6-4-5-7-16(14)25-18(27)8-9-21(24,25)20(29)30-11-17(26)15(10-22)13(3)23/h4-7,12,15,23H,8-9,11H2,1-3H3/t15-,21+/m0/s1. The molecule has 9 heteroatoms. The molecule has 1 N–H and O–H groups in total. The van der Waals surface area contributed by atoms with Crippen molar-refractivity contribution in [3.63, 3.8) is 0 Å². The molecule has 0 saturated carbocycles. The van der Waals surface area contributed by atoms with Gasteiger partial charge in [0.1, 0.15) is 5.92 Å². The van der Waals surface area contributed by atoms with Gasteiger partial charge in [0.2, 0.25) is 11.6 Å². The van der Waals surface area contributed by atoms with E-state index < -0.39 is 41.9 Å². The molecular weight excluding hydrogens is 388 g/mol. The smallest absolute Gasteiger partial charge is 0.354 e. The third kappa shape index (κ3) is 3.05. The molecule has 2 amide bonds. The number of amides is 2. The van der Waals surface area contributed by atoms with Crippen molar-refractivity contribution in [2.75, 3.05) is 11.5 Å². The van der Waals surface area contributed by atoms with Gasteiger partial charge in [-0.15, -0.1) is 0 Å². The number of hydrogen-bond acceptors (Lipinski definition) is 7. The van der Waals surface area contributed by atoms with E-state index in [0.717, 1.165) is 0 Å². The van der Waals surface area contributed by atoms with E-state index in [9.17, 15) is 19.2 Å². The van der Waals surface area contributed by atoms with E-state index in [1.807, 2.05) is 0 Å². The van der Waals surface area contributed by atoms with Gasteiger partial charge >= 0.3 is 5.97 Å². The Labute approximate surface area is 173 Å². The third-order valence-corrected chi connectivity index (χ3v) is 5.37. The number of nitrogens with one attached hydrogen (secondary N) is 1. The predicted molar refractivity (Wildman–Crippen MR) is 106 cm³/mol. The van der Waals surface area contributed by atoms with Gasteiger partial charge in [0.25, 0.3) is 5.91 Å². The molecule has 0 radical (unpaired) electrons. The number of esters is 1. The van der Waals surface area contributed by atoms with E-state index in [4.69, 9.17) is 15.4 Å². The number of benzene rings is 1. The molecule has 156 valence electrons. The van der Waals surface area contributed by atoms with Gasteiger partial charge in [-0.25, -0.2) is 4.79 Å². The molecule has 2 atom stereocenters. The van der Waals surface area contributed by atoms with Gasteiger partial charge < -0.3 is 15.0 Å². The topological polar surface area (TPSA) is 132 Å². The summed E-state index contributed by atoms with van der Waals surface area (Å²) in [7, 11) is 0. The van der Waals surface area contributed by atoms with Gasteiger partial charge in [0.05, 0.1) is 17.3 Å². The van der Waals surface area contributed by atoms with E-state index in [1.165, 1.54) is 16.7 Å². The summed E-state index contributed by atoms with van der Waals surface area (Å²) in [6.07, 6.45) is 0.0662. The van der Waals surface area contributed by atoms with Crippen LogP contribution in [0.25, 0.3) is 0 Å². The number of para-hydroxylation sites is 1. The van der Waals surface area contributed by atoms with Crippen LogP contribution in [0.4, 0.5) is 5.69 Å². The quantitative estimate of drug-likeness (QED) is 0.560. The van der Waals surface area contributed by atoms with Crippen LogP contribution in [0.15, 0.2) is 24.3 Å². The van der Waals surface area contributed by atoms with Crippen LogP contribution in [0.1, 0.15) is 44.0 Å². The molecule has 1 aromatic rings. The molecule has 0 aromatic heterocycles. The normalized spacial score (nSPS) is 21.0. The van der Waals surface area contributed by atoms with Gasteiger partial charge in [0.15, 0.2) is 12.4 Å². The summed E-state index contributed by atoms with van der Waals surface area (Å²) < 4.78 is 5.25. The Hall–Kier alpha value is -3.54. The first kappa shape index (κ1) is 21.2. The van der Waals surface area contributed by atoms with Crippen molar-refractivity contribution in [2.45, 2.75) is 45.3 Å². The Bertz CT molecular complexity index is 995. The molecule has 3 rings (SSSR count). The Morgan fingerprint density at radius 2 is 1.97 bits per heavy atom. The van der Waals surface area contributed by atoms with E-state index in [-0.39, 0.29) is 24.5 Å². The molecule has 0 aliphatic carbocycles. The number of anilines is 1. The second kappa shape index (κ2) is 7.71. The molecule has 2 aliphatic rings. The SMILES string of the molecule is CC(=N)[C@H](C#N)C(=O)COC(=O)[C@@]12CCC(=O)N1c1ccccc1C(=O)N2C(C)C. The van der Waals surface area contributed by atoms with Crippen LogP contribution in [0.3, 0.4) is 0 Å². The van der Waals surface area contributed by atoms with Gasteiger partial charge in [-0.2, -0.15) is 5.26 Å². The van der Waals surface area contributed by atoms with Crippen LogP contribution in [0.2, 0.25) is 0 Å². The molecule has 0 unspecified atom stereocenters. The molecule has 0 spiro atoms. The predicted octanol–water partition coefficient (Wildman–Crippen LogP) is 1.67. The minimum Gasteiger partial charge on any atom is -0.454 e. The third-order valence-electron chi connectivity index (χ3n) is 5.37. The number of Topliss-reactive ketones (excluding diaryl/α,β-unsaturated/α-hetero) is 1. The Kier molecular flexibility index (Phi) is 5.44. The molecule has 30 heavy (non-hydrogen) atoms. The fourth-order valence-corrected chi connectivity index (χ4v) is 4.12. The Balaban J connectivity index is 2.02. The average Bonchev–Trinajstić information content (AvgIpc) is 3.04. The number of rotatable bonds is 6. The maximum Gasteiger partial charge on any atom is 0.354 e. The number of hydrogen-bond donors (Lipinski definition) is 1. The highest BCUT2D eigenvalue weighted by Gasteiger charge is 2.62. The zero-order chi connectivity index (χ0) is 22.2. The number of fused-ring (bicyclic) bond motifs is 3. The van der Waals surface area contributed by atoms with Gasteiger partial charge in [-0.1, -0.05) is 12.1 Å². The van der Waals surface area contributed by atoms with E-state index in [0.29, 0.717) is 11.3 Å². The van der Waals surface area contributed by atoms with Crippen molar-refractivity contribution in [3.8, 4) is 6.07 Å². The zero-order valence-corrected chi connectivity index (χ0v) is 17.0. The maximum absolute atomic E-state index is 13.3. The first-order valence-corrected chi connectivity index (χ1v) is 9.57. The summed E-state index contributed by atoms with van der Waals surface area (Å²) in [4.78, 5) is 54.2. The lowest BCUT2D eigenvalue weighted by Gasteiger charge is -2.50. The van der Waals surface area contributed by atoms with E-state index in [2.05, 4.69) is 0 Å². The van der Waals surface area contributed by atoms with Crippen LogP contribution in [-0.2, 0) is 19.1 Å². The number of nitrogens with zero attached hydrogens (tertiary/aromatic N) is 3. The maximum atomic E-state index is 13.3.